The Bertz CT molecular complexity index is 631. The lowest BCUT2D eigenvalue weighted by molar-refractivity contribution is 0.389. The van der Waals surface area contributed by atoms with E-state index in [1.165, 1.54) is 20.3 Å². The molecule has 0 N–H and O–H groups in total. The molecule has 1 unspecified atom stereocenters. The molecular weight excluding hydrogens is 295 g/mol. The number of alkyl halides is 1. The first kappa shape index (κ1) is 15.4. The second kappa shape index (κ2) is 6.68. The number of rotatable bonds is 5. The van der Waals surface area contributed by atoms with Crippen LogP contribution >= 0.6 is 11.6 Å². The highest BCUT2D eigenvalue weighted by Crippen LogP contribution is 2.41. The van der Waals surface area contributed by atoms with Gasteiger partial charge in [-0.2, -0.15) is 0 Å². The van der Waals surface area contributed by atoms with Crippen LogP contribution in [-0.2, 0) is 0 Å². The summed E-state index contributed by atoms with van der Waals surface area (Å²) >= 11 is 6.46. The van der Waals surface area contributed by atoms with Crippen LogP contribution in [0.2, 0.25) is 0 Å². The van der Waals surface area contributed by atoms with Gasteiger partial charge < -0.3 is 14.2 Å². The van der Waals surface area contributed by atoms with E-state index in [-0.39, 0.29) is 5.56 Å². The summed E-state index contributed by atoms with van der Waals surface area (Å²) in [6.07, 6.45) is 0. The van der Waals surface area contributed by atoms with Crippen molar-refractivity contribution in [2.75, 3.05) is 21.3 Å². The van der Waals surface area contributed by atoms with Gasteiger partial charge in [-0.15, -0.1) is 11.6 Å². The third-order valence-electron chi connectivity index (χ3n) is 3.20. The van der Waals surface area contributed by atoms with E-state index in [9.17, 15) is 4.39 Å². The molecule has 112 valence electrons. The first-order chi connectivity index (χ1) is 10.1. The molecule has 1 atom stereocenters. The van der Waals surface area contributed by atoms with Crippen LogP contribution in [0, 0.1) is 5.82 Å². The van der Waals surface area contributed by atoms with Crippen LogP contribution in [0.3, 0.4) is 0 Å². The molecule has 0 aliphatic carbocycles. The van der Waals surface area contributed by atoms with Crippen molar-refractivity contribution < 1.29 is 18.6 Å². The van der Waals surface area contributed by atoms with Gasteiger partial charge in [-0.25, -0.2) is 4.39 Å². The standard InChI is InChI=1S/C16H16ClFO3/c1-19-10-7-8-11(14(9-10)21-3)16(17)15-12(18)5-4-6-13(15)20-2/h4-9,16H,1-3H3. The highest BCUT2D eigenvalue weighted by atomic mass is 35.5. The summed E-state index contributed by atoms with van der Waals surface area (Å²) in [6, 6.07) is 9.80. The average molecular weight is 311 g/mol. The van der Waals surface area contributed by atoms with Gasteiger partial charge in [-0.1, -0.05) is 6.07 Å². The van der Waals surface area contributed by atoms with Gasteiger partial charge in [0.2, 0.25) is 0 Å². The van der Waals surface area contributed by atoms with Crippen LogP contribution in [0.25, 0.3) is 0 Å². The van der Waals surface area contributed by atoms with E-state index in [0.29, 0.717) is 22.8 Å². The van der Waals surface area contributed by atoms with Crippen molar-refractivity contribution in [2.45, 2.75) is 5.38 Å². The maximum absolute atomic E-state index is 14.1. The Labute approximate surface area is 128 Å². The molecule has 0 aliphatic rings. The summed E-state index contributed by atoms with van der Waals surface area (Å²) in [4.78, 5) is 0. The summed E-state index contributed by atoms with van der Waals surface area (Å²) < 4.78 is 29.8. The SMILES string of the molecule is COc1ccc(C(Cl)c2c(F)cccc2OC)c(OC)c1. The molecule has 21 heavy (non-hydrogen) atoms. The van der Waals surface area contributed by atoms with Crippen molar-refractivity contribution in [1.29, 1.82) is 0 Å². The van der Waals surface area contributed by atoms with Crippen molar-refractivity contribution in [3.8, 4) is 17.2 Å². The molecule has 2 aromatic rings. The van der Waals surface area contributed by atoms with E-state index >= 15 is 0 Å². The third-order valence-corrected chi connectivity index (χ3v) is 3.65. The zero-order chi connectivity index (χ0) is 15.4. The van der Waals surface area contributed by atoms with Gasteiger partial charge in [0.05, 0.1) is 32.3 Å². The fraction of sp³-hybridized carbons (Fsp3) is 0.250. The minimum absolute atomic E-state index is 0.283. The normalized spacial score (nSPS) is 11.9. The predicted octanol–water partition coefficient (Wildman–Crippen LogP) is 4.18. The van der Waals surface area contributed by atoms with Crippen LogP contribution in [0.1, 0.15) is 16.5 Å². The molecule has 0 radical (unpaired) electrons. The number of ether oxygens (including phenoxy) is 3. The molecule has 0 heterocycles. The molecule has 0 amide bonds. The van der Waals surface area contributed by atoms with E-state index in [4.69, 9.17) is 25.8 Å². The molecule has 0 aromatic heterocycles. The largest absolute Gasteiger partial charge is 0.497 e. The van der Waals surface area contributed by atoms with E-state index < -0.39 is 11.2 Å². The van der Waals surface area contributed by atoms with Crippen LogP contribution in [0.5, 0.6) is 17.2 Å². The van der Waals surface area contributed by atoms with Gasteiger partial charge in [0.25, 0.3) is 0 Å². The second-order valence-electron chi connectivity index (χ2n) is 4.33. The van der Waals surface area contributed by atoms with E-state index in [0.717, 1.165) is 0 Å². The monoisotopic (exact) mass is 310 g/mol. The Hall–Kier alpha value is -1.94. The lowest BCUT2D eigenvalue weighted by Gasteiger charge is -2.18. The van der Waals surface area contributed by atoms with Crippen molar-refractivity contribution >= 4 is 11.6 Å². The van der Waals surface area contributed by atoms with Crippen molar-refractivity contribution in [2.24, 2.45) is 0 Å². The maximum atomic E-state index is 14.1. The van der Waals surface area contributed by atoms with Crippen molar-refractivity contribution in [3.63, 3.8) is 0 Å². The van der Waals surface area contributed by atoms with Gasteiger partial charge in [0, 0.05) is 11.6 Å². The van der Waals surface area contributed by atoms with E-state index in [1.807, 2.05) is 0 Å². The highest BCUT2D eigenvalue weighted by molar-refractivity contribution is 6.23. The second-order valence-corrected chi connectivity index (χ2v) is 4.76. The fourth-order valence-electron chi connectivity index (χ4n) is 2.12. The number of hydrogen-bond donors (Lipinski definition) is 0. The van der Waals surface area contributed by atoms with Gasteiger partial charge in [0.1, 0.15) is 23.1 Å². The number of benzene rings is 2. The molecule has 0 aliphatic heterocycles. The summed E-state index contributed by atoms with van der Waals surface area (Å²) in [5, 5.41) is -0.734. The molecule has 2 aromatic carbocycles. The van der Waals surface area contributed by atoms with Crippen LogP contribution in [0.15, 0.2) is 36.4 Å². The minimum atomic E-state index is -0.734. The quantitative estimate of drug-likeness (QED) is 0.775. The Kier molecular flexibility index (Phi) is 4.91. The zero-order valence-electron chi connectivity index (χ0n) is 12.0. The van der Waals surface area contributed by atoms with Crippen molar-refractivity contribution in [1.82, 2.24) is 0 Å². The highest BCUT2D eigenvalue weighted by Gasteiger charge is 2.23. The number of methoxy groups -OCH3 is 3. The maximum Gasteiger partial charge on any atom is 0.131 e. The summed E-state index contributed by atoms with van der Waals surface area (Å²) in [5.74, 6) is 1.14. The molecule has 0 spiro atoms. The Balaban J connectivity index is 2.52. The average Bonchev–Trinajstić information content (AvgIpc) is 2.53. The molecule has 0 saturated heterocycles. The van der Waals surface area contributed by atoms with E-state index in [1.54, 1.807) is 37.4 Å². The topological polar surface area (TPSA) is 27.7 Å². The Morgan fingerprint density at radius 2 is 1.67 bits per heavy atom. The molecule has 2 rings (SSSR count). The number of hydrogen-bond acceptors (Lipinski definition) is 3. The first-order valence-electron chi connectivity index (χ1n) is 6.30. The third kappa shape index (κ3) is 3.05. The summed E-state index contributed by atoms with van der Waals surface area (Å²) in [6.45, 7) is 0. The Morgan fingerprint density at radius 3 is 2.29 bits per heavy atom. The van der Waals surface area contributed by atoms with Gasteiger partial charge in [-0.3, -0.25) is 0 Å². The molecule has 0 bridgehead atoms. The lowest BCUT2D eigenvalue weighted by Crippen LogP contribution is -2.03. The number of halogens is 2. The van der Waals surface area contributed by atoms with E-state index in [2.05, 4.69) is 0 Å². The van der Waals surface area contributed by atoms with Gasteiger partial charge >= 0.3 is 0 Å². The molecule has 0 fully saturated rings. The van der Waals surface area contributed by atoms with Gasteiger partial charge in [0.15, 0.2) is 0 Å². The fourth-order valence-corrected chi connectivity index (χ4v) is 2.52. The van der Waals surface area contributed by atoms with Crippen LogP contribution in [-0.4, -0.2) is 21.3 Å². The summed E-state index contributed by atoms with van der Waals surface area (Å²) in [7, 11) is 4.57. The smallest absolute Gasteiger partial charge is 0.131 e. The molecular formula is C16H16ClFO3. The predicted molar refractivity (Wildman–Crippen MR) is 80.2 cm³/mol. The van der Waals surface area contributed by atoms with Crippen molar-refractivity contribution in [3.05, 3.63) is 53.3 Å². The first-order valence-corrected chi connectivity index (χ1v) is 6.74. The van der Waals surface area contributed by atoms with Crippen LogP contribution in [0.4, 0.5) is 4.39 Å². The lowest BCUT2D eigenvalue weighted by atomic mass is 10.0. The molecule has 3 nitrogen and oxygen atoms in total. The minimum Gasteiger partial charge on any atom is -0.497 e. The van der Waals surface area contributed by atoms with Crippen LogP contribution < -0.4 is 14.2 Å². The summed E-state index contributed by atoms with van der Waals surface area (Å²) in [5.41, 5.74) is 0.925. The Morgan fingerprint density at radius 1 is 0.952 bits per heavy atom. The molecule has 5 heteroatoms. The zero-order valence-corrected chi connectivity index (χ0v) is 12.8. The van der Waals surface area contributed by atoms with Gasteiger partial charge in [-0.05, 0) is 24.3 Å². The molecule has 0 saturated carbocycles.